The molecule has 0 aromatic carbocycles. The van der Waals surface area contributed by atoms with Crippen LogP contribution in [0.1, 0.15) is 54.9 Å². The largest absolute Gasteiger partial charge is 0.309 e. The summed E-state index contributed by atoms with van der Waals surface area (Å²) in [7, 11) is 0. The Hall–Kier alpha value is -0.0800. The van der Waals surface area contributed by atoms with Crippen LogP contribution in [0.5, 0.6) is 0 Å². The second-order valence-corrected chi connectivity index (χ2v) is 7.41. The van der Waals surface area contributed by atoms with Gasteiger partial charge in [0.1, 0.15) is 0 Å². The van der Waals surface area contributed by atoms with Gasteiger partial charge in [-0.25, -0.2) is 0 Å². The Labute approximate surface area is 115 Å². The predicted molar refractivity (Wildman–Crippen MR) is 80.9 cm³/mol. The first-order chi connectivity index (χ1) is 8.26. The highest BCUT2D eigenvalue weighted by Gasteiger charge is 2.33. The van der Waals surface area contributed by atoms with E-state index >= 15 is 0 Å². The van der Waals surface area contributed by atoms with Gasteiger partial charge in [-0.3, -0.25) is 4.90 Å². The van der Waals surface area contributed by atoms with Crippen LogP contribution in [0.4, 0.5) is 0 Å². The average Bonchev–Trinajstić information content (AvgIpc) is 2.24. The molecule has 0 amide bonds. The number of hydrogen-bond acceptors (Lipinski definition) is 2. The summed E-state index contributed by atoms with van der Waals surface area (Å²) in [6, 6.07) is 0.720. The lowest BCUT2D eigenvalue weighted by Crippen LogP contribution is -2.62. The highest BCUT2D eigenvalue weighted by atomic mass is 15.2. The van der Waals surface area contributed by atoms with E-state index in [2.05, 4.69) is 58.7 Å². The van der Waals surface area contributed by atoms with Gasteiger partial charge >= 0.3 is 0 Å². The van der Waals surface area contributed by atoms with Crippen LogP contribution >= 0.6 is 0 Å². The van der Waals surface area contributed by atoms with Crippen LogP contribution in [0.25, 0.3) is 0 Å². The lowest BCUT2D eigenvalue weighted by molar-refractivity contribution is 0.0577. The molecule has 0 aliphatic carbocycles. The van der Waals surface area contributed by atoms with E-state index in [-0.39, 0.29) is 5.54 Å². The van der Waals surface area contributed by atoms with Gasteiger partial charge in [0.15, 0.2) is 0 Å². The fraction of sp³-hybridized carbons (Fsp3) is 1.00. The van der Waals surface area contributed by atoms with Crippen LogP contribution in [0.15, 0.2) is 0 Å². The second-order valence-electron chi connectivity index (χ2n) is 7.41. The molecule has 0 bridgehead atoms. The van der Waals surface area contributed by atoms with Crippen molar-refractivity contribution in [3.63, 3.8) is 0 Å². The van der Waals surface area contributed by atoms with E-state index in [4.69, 9.17) is 0 Å². The van der Waals surface area contributed by atoms with E-state index < -0.39 is 0 Å². The van der Waals surface area contributed by atoms with Crippen molar-refractivity contribution < 1.29 is 0 Å². The maximum Gasteiger partial charge on any atom is 0.0252 e. The van der Waals surface area contributed by atoms with Crippen molar-refractivity contribution >= 4 is 0 Å². The van der Waals surface area contributed by atoms with E-state index in [1.165, 1.54) is 19.5 Å². The molecule has 1 aliphatic rings. The zero-order valence-electron chi connectivity index (χ0n) is 13.6. The molecule has 0 spiro atoms. The zero-order chi connectivity index (χ0) is 13.9. The van der Waals surface area contributed by atoms with Gasteiger partial charge in [0.2, 0.25) is 0 Å². The van der Waals surface area contributed by atoms with Crippen LogP contribution in [0.3, 0.4) is 0 Å². The van der Waals surface area contributed by atoms with Gasteiger partial charge in [-0.05, 0) is 38.0 Å². The van der Waals surface area contributed by atoms with Crippen molar-refractivity contribution in [3.8, 4) is 0 Å². The van der Waals surface area contributed by atoms with Crippen LogP contribution in [0.2, 0.25) is 0 Å². The molecule has 108 valence electrons. The fourth-order valence-corrected chi connectivity index (χ4v) is 3.29. The maximum absolute atomic E-state index is 3.68. The molecule has 0 aromatic heterocycles. The molecular weight excluding hydrogens is 220 g/mol. The molecule has 1 saturated heterocycles. The van der Waals surface area contributed by atoms with Gasteiger partial charge in [-0.2, -0.15) is 0 Å². The van der Waals surface area contributed by atoms with Gasteiger partial charge in [0, 0.05) is 31.2 Å². The second kappa shape index (κ2) is 6.38. The van der Waals surface area contributed by atoms with Crippen molar-refractivity contribution in [2.75, 3.05) is 19.6 Å². The first kappa shape index (κ1) is 16.0. The topological polar surface area (TPSA) is 15.3 Å². The van der Waals surface area contributed by atoms with Crippen molar-refractivity contribution in [2.45, 2.75) is 66.5 Å². The third kappa shape index (κ3) is 4.24. The Bertz CT molecular complexity index is 237. The van der Waals surface area contributed by atoms with Crippen molar-refractivity contribution in [3.05, 3.63) is 0 Å². The lowest BCUT2D eigenvalue weighted by Gasteiger charge is -2.46. The Morgan fingerprint density at radius 1 is 1.17 bits per heavy atom. The van der Waals surface area contributed by atoms with E-state index in [1.807, 2.05) is 0 Å². The highest BCUT2D eigenvalue weighted by Crippen LogP contribution is 2.25. The molecule has 1 atom stereocenters. The zero-order valence-corrected chi connectivity index (χ0v) is 13.6. The van der Waals surface area contributed by atoms with Gasteiger partial charge < -0.3 is 5.32 Å². The number of nitrogens with one attached hydrogen (secondary N) is 1. The molecule has 1 aliphatic heterocycles. The normalized spacial score (nSPS) is 25.3. The molecule has 1 unspecified atom stereocenters. The van der Waals surface area contributed by atoms with Crippen molar-refractivity contribution in [2.24, 2.45) is 17.8 Å². The van der Waals surface area contributed by atoms with Gasteiger partial charge in [-0.15, -0.1) is 0 Å². The highest BCUT2D eigenvalue weighted by molar-refractivity contribution is 4.92. The molecule has 0 saturated carbocycles. The van der Waals surface area contributed by atoms with Crippen LogP contribution < -0.4 is 5.32 Å². The first-order valence-corrected chi connectivity index (χ1v) is 7.76. The summed E-state index contributed by atoms with van der Waals surface area (Å²) in [5.74, 6) is 2.37. The number of nitrogens with zero attached hydrogens (tertiary/aromatic N) is 1. The average molecular weight is 254 g/mol. The number of hydrogen-bond donors (Lipinski definition) is 1. The van der Waals surface area contributed by atoms with Gasteiger partial charge in [-0.1, -0.05) is 34.6 Å². The smallest absolute Gasteiger partial charge is 0.0252 e. The maximum atomic E-state index is 3.68. The molecule has 0 aromatic rings. The minimum absolute atomic E-state index is 0.268. The molecule has 1 fully saturated rings. The predicted octanol–water partition coefficient (Wildman–Crippen LogP) is 3.38. The molecule has 2 nitrogen and oxygen atoms in total. The molecule has 2 heteroatoms. The van der Waals surface area contributed by atoms with Crippen LogP contribution in [-0.2, 0) is 0 Å². The summed E-state index contributed by atoms with van der Waals surface area (Å²) in [5.41, 5.74) is 0.268. The van der Waals surface area contributed by atoms with E-state index in [0.29, 0.717) is 0 Å². The first-order valence-electron chi connectivity index (χ1n) is 7.76. The van der Waals surface area contributed by atoms with Crippen molar-refractivity contribution in [1.29, 1.82) is 0 Å². The summed E-state index contributed by atoms with van der Waals surface area (Å²) >= 11 is 0. The summed E-state index contributed by atoms with van der Waals surface area (Å²) < 4.78 is 0. The summed E-state index contributed by atoms with van der Waals surface area (Å²) in [6.45, 7) is 20.1. The summed E-state index contributed by atoms with van der Waals surface area (Å²) in [4.78, 5) is 2.74. The summed E-state index contributed by atoms with van der Waals surface area (Å²) in [6.07, 6.45) is 1.26. The third-order valence-corrected chi connectivity index (χ3v) is 4.56. The fourth-order valence-electron chi connectivity index (χ4n) is 3.29. The Balaban J connectivity index is 2.70. The Morgan fingerprint density at radius 3 is 2.17 bits per heavy atom. The molecular formula is C16H34N2. The number of rotatable bonds is 5. The summed E-state index contributed by atoms with van der Waals surface area (Å²) in [5, 5.41) is 3.68. The molecule has 1 heterocycles. The minimum Gasteiger partial charge on any atom is -0.309 e. The monoisotopic (exact) mass is 254 g/mol. The van der Waals surface area contributed by atoms with E-state index in [0.717, 1.165) is 30.3 Å². The molecule has 0 radical (unpaired) electrons. The standard InChI is InChI=1S/C16H34N2/c1-8-14-9-17-16(6,7)11-18(14)10-15(12(2)3)13(4)5/h12-15,17H,8-11H2,1-7H3. The van der Waals surface area contributed by atoms with E-state index in [9.17, 15) is 0 Å². The van der Waals surface area contributed by atoms with Crippen molar-refractivity contribution in [1.82, 2.24) is 10.2 Å². The molecule has 1 N–H and O–H groups in total. The Kier molecular flexibility index (Phi) is 5.67. The number of piperazine rings is 1. The SMILES string of the molecule is CCC1CNC(C)(C)CN1CC(C(C)C)C(C)C. The van der Waals surface area contributed by atoms with Gasteiger partial charge in [0.05, 0.1) is 0 Å². The van der Waals surface area contributed by atoms with Crippen LogP contribution in [0, 0.1) is 17.8 Å². The van der Waals surface area contributed by atoms with Crippen LogP contribution in [-0.4, -0.2) is 36.1 Å². The molecule has 18 heavy (non-hydrogen) atoms. The molecule has 1 rings (SSSR count). The Morgan fingerprint density at radius 2 is 1.72 bits per heavy atom. The quantitative estimate of drug-likeness (QED) is 0.809. The van der Waals surface area contributed by atoms with E-state index in [1.54, 1.807) is 0 Å². The third-order valence-electron chi connectivity index (χ3n) is 4.56. The minimum atomic E-state index is 0.268. The lowest BCUT2D eigenvalue weighted by atomic mass is 9.84. The van der Waals surface area contributed by atoms with Gasteiger partial charge in [0.25, 0.3) is 0 Å².